The fourth-order valence-corrected chi connectivity index (χ4v) is 8.68. The normalized spacial score (nSPS) is 17.8. The van der Waals surface area contributed by atoms with E-state index in [-0.39, 0.29) is 0 Å². The molecule has 8 aromatic rings. The van der Waals surface area contributed by atoms with E-state index < -0.39 is 29.1 Å². The number of nitrogens with one attached hydrogen (secondary N) is 1. The quantitative estimate of drug-likeness (QED) is 0.166. The Bertz CT molecular complexity index is 2230. The first-order valence-corrected chi connectivity index (χ1v) is 17.6. The summed E-state index contributed by atoms with van der Waals surface area (Å²) >= 11 is 0. The van der Waals surface area contributed by atoms with Crippen molar-refractivity contribution >= 4 is 43.1 Å². The van der Waals surface area contributed by atoms with Crippen molar-refractivity contribution < 1.29 is 14.9 Å². The summed E-state index contributed by atoms with van der Waals surface area (Å²) in [4.78, 5) is 0. The van der Waals surface area contributed by atoms with Gasteiger partial charge < -0.3 is 14.9 Å². The average molecular weight is 666 g/mol. The molecule has 250 valence electrons. The van der Waals surface area contributed by atoms with Crippen molar-refractivity contribution in [1.82, 2.24) is 5.32 Å². The van der Waals surface area contributed by atoms with Gasteiger partial charge in [0.25, 0.3) is 0 Å². The predicted molar refractivity (Wildman–Crippen MR) is 208 cm³/mol. The van der Waals surface area contributed by atoms with Gasteiger partial charge >= 0.3 is 0 Å². The lowest BCUT2D eigenvalue weighted by Gasteiger charge is -2.44. The van der Waals surface area contributed by atoms with E-state index in [1.54, 1.807) is 0 Å². The Morgan fingerprint density at radius 1 is 0.431 bits per heavy atom. The summed E-state index contributed by atoms with van der Waals surface area (Å²) in [5, 5.41) is 39.6. The van der Waals surface area contributed by atoms with E-state index in [1.807, 2.05) is 111 Å². The van der Waals surface area contributed by atoms with Gasteiger partial charge in [-0.15, -0.1) is 0 Å². The molecule has 0 radical (unpaired) electrons. The molecule has 0 saturated carbocycles. The third kappa shape index (κ3) is 4.90. The zero-order chi connectivity index (χ0) is 34.8. The molecule has 0 aliphatic carbocycles. The third-order valence-corrected chi connectivity index (χ3v) is 10.9. The molecule has 0 aromatic heterocycles. The molecule has 1 fully saturated rings. The molecule has 2 atom stereocenters. The zero-order valence-corrected chi connectivity index (χ0v) is 28.6. The van der Waals surface area contributed by atoms with Crippen molar-refractivity contribution in [3.8, 4) is 0 Å². The maximum atomic E-state index is 14.1. The number of rotatable bonds is 6. The second kappa shape index (κ2) is 11.9. The monoisotopic (exact) mass is 665 g/mol. The van der Waals surface area contributed by atoms with Gasteiger partial charge in [0.2, 0.25) is 0 Å². The summed E-state index contributed by atoms with van der Waals surface area (Å²) < 4.78 is 7.13. The van der Waals surface area contributed by atoms with Crippen LogP contribution in [-0.4, -0.2) is 28.1 Å². The first kappa shape index (κ1) is 31.6. The standard InChI is InChI=1S/C47H39NO3/c1-45(2)48-43(46(49,39-27-11-19-31-15-3-7-23-35(31)39)40-28-12-20-32-16-4-8-24-36(32)40)44(51-45)47(50,41-29-13-21-33-17-5-9-25-37(33)41)42-30-14-22-34-18-6-10-26-38(34)42/h3-30,43-44,48-50H,1-2H3/t43-,44-/m1/s1. The van der Waals surface area contributed by atoms with Crippen LogP contribution in [0.1, 0.15) is 36.1 Å². The van der Waals surface area contributed by atoms with Gasteiger partial charge in [-0.25, -0.2) is 0 Å². The van der Waals surface area contributed by atoms with Crippen LogP contribution in [0, 0.1) is 0 Å². The first-order chi connectivity index (χ1) is 24.8. The van der Waals surface area contributed by atoms with Gasteiger partial charge in [-0.05, 0) is 79.2 Å². The van der Waals surface area contributed by atoms with Crippen LogP contribution in [0.4, 0.5) is 0 Å². The van der Waals surface area contributed by atoms with Crippen molar-refractivity contribution in [2.24, 2.45) is 0 Å². The first-order valence-electron chi connectivity index (χ1n) is 17.6. The topological polar surface area (TPSA) is 61.7 Å². The third-order valence-electron chi connectivity index (χ3n) is 10.9. The van der Waals surface area contributed by atoms with Crippen molar-refractivity contribution in [1.29, 1.82) is 0 Å². The highest BCUT2D eigenvalue weighted by molar-refractivity contribution is 5.93. The molecule has 0 bridgehead atoms. The Kier molecular flexibility index (Phi) is 7.36. The Morgan fingerprint density at radius 2 is 0.725 bits per heavy atom. The molecule has 51 heavy (non-hydrogen) atoms. The molecule has 0 amide bonds. The summed E-state index contributed by atoms with van der Waals surface area (Å²) in [5.41, 5.74) is -1.46. The molecule has 1 aliphatic heterocycles. The van der Waals surface area contributed by atoms with Gasteiger partial charge in [-0.3, -0.25) is 5.32 Å². The van der Waals surface area contributed by atoms with Gasteiger partial charge in [-0.1, -0.05) is 170 Å². The molecule has 9 rings (SSSR count). The Morgan fingerprint density at radius 3 is 1.08 bits per heavy atom. The lowest BCUT2D eigenvalue weighted by Crippen LogP contribution is -2.58. The SMILES string of the molecule is CC1(C)N[C@@H](C(O)(c2cccc3ccccc23)c2cccc3ccccc23)[C@H](C(O)(c2cccc3ccccc23)c2cccc3ccccc23)O1. The lowest BCUT2D eigenvalue weighted by atomic mass is 9.68. The van der Waals surface area contributed by atoms with E-state index in [2.05, 4.69) is 78.1 Å². The van der Waals surface area contributed by atoms with Gasteiger partial charge in [-0.2, -0.15) is 0 Å². The Labute approximate surface area is 297 Å². The largest absolute Gasteiger partial charge is 0.379 e. The minimum absolute atomic E-state index is 0.713. The van der Waals surface area contributed by atoms with Crippen LogP contribution in [0.2, 0.25) is 0 Å². The summed E-state index contributed by atoms with van der Waals surface area (Å²) in [6, 6.07) is 56.1. The van der Waals surface area contributed by atoms with E-state index >= 15 is 0 Å². The molecular weight excluding hydrogens is 627 g/mol. The highest BCUT2D eigenvalue weighted by atomic mass is 16.6. The second-order valence-corrected chi connectivity index (χ2v) is 14.3. The van der Waals surface area contributed by atoms with Crippen molar-refractivity contribution in [2.75, 3.05) is 0 Å². The van der Waals surface area contributed by atoms with Crippen LogP contribution in [-0.2, 0) is 15.9 Å². The molecule has 0 spiro atoms. The fraction of sp³-hybridized carbons (Fsp3) is 0.149. The highest BCUT2D eigenvalue weighted by Gasteiger charge is 2.61. The summed E-state index contributed by atoms with van der Waals surface area (Å²) in [5.74, 6) is 0. The van der Waals surface area contributed by atoms with Crippen LogP contribution in [0.15, 0.2) is 170 Å². The van der Waals surface area contributed by atoms with Crippen LogP contribution in [0.3, 0.4) is 0 Å². The molecule has 4 nitrogen and oxygen atoms in total. The molecule has 3 N–H and O–H groups in total. The number of benzene rings is 8. The van der Waals surface area contributed by atoms with Crippen LogP contribution < -0.4 is 5.32 Å². The number of ether oxygens (including phenoxy) is 1. The van der Waals surface area contributed by atoms with Crippen LogP contribution in [0.25, 0.3) is 43.1 Å². The maximum absolute atomic E-state index is 14.1. The number of hydrogen-bond acceptors (Lipinski definition) is 4. The Hall–Kier alpha value is -5.36. The van der Waals surface area contributed by atoms with Crippen molar-refractivity contribution in [3.05, 3.63) is 192 Å². The average Bonchev–Trinajstić information content (AvgIpc) is 3.52. The van der Waals surface area contributed by atoms with E-state index in [0.29, 0.717) is 11.1 Å². The summed E-state index contributed by atoms with van der Waals surface area (Å²) in [6.45, 7) is 3.94. The molecule has 0 unspecified atom stereocenters. The minimum atomic E-state index is -1.74. The van der Waals surface area contributed by atoms with Crippen molar-refractivity contribution in [2.45, 2.75) is 42.9 Å². The zero-order valence-electron chi connectivity index (χ0n) is 28.6. The van der Waals surface area contributed by atoms with Crippen molar-refractivity contribution in [3.63, 3.8) is 0 Å². The van der Waals surface area contributed by atoms with E-state index in [0.717, 1.165) is 54.2 Å². The lowest BCUT2D eigenvalue weighted by molar-refractivity contribution is -0.127. The Balaban J connectivity index is 1.41. The molecule has 4 heteroatoms. The van der Waals surface area contributed by atoms with Crippen LogP contribution >= 0.6 is 0 Å². The molecule has 1 saturated heterocycles. The molecular formula is C47H39NO3. The number of fused-ring (bicyclic) bond motifs is 4. The predicted octanol–water partition coefficient (Wildman–Crippen LogP) is 9.56. The smallest absolute Gasteiger partial charge is 0.144 e. The van der Waals surface area contributed by atoms with E-state index in [4.69, 9.17) is 4.74 Å². The van der Waals surface area contributed by atoms with Gasteiger partial charge in [0.05, 0.1) is 6.04 Å². The highest BCUT2D eigenvalue weighted by Crippen LogP contribution is 2.51. The van der Waals surface area contributed by atoms with Gasteiger partial charge in [0, 0.05) is 0 Å². The van der Waals surface area contributed by atoms with E-state index in [1.165, 1.54) is 0 Å². The second-order valence-electron chi connectivity index (χ2n) is 14.3. The maximum Gasteiger partial charge on any atom is 0.144 e. The van der Waals surface area contributed by atoms with Crippen LogP contribution in [0.5, 0.6) is 0 Å². The summed E-state index contributed by atoms with van der Waals surface area (Å²) in [6.07, 6.45) is -0.980. The molecule has 8 aromatic carbocycles. The molecule has 1 aliphatic rings. The summed E-state index contributed by atoms with van der Waals surface area (Å²) in [7, 11) is 0. The van der Waals surface area contributed by atoms with E-state index in [9.17, 15) is 10.2 Å². The number of hydrogen-bond donors (Lipinski definition) is 3. The minimum Gasteiger partial charge on any atom is -0.379 e. The fourth-order valence-electron chi connectivity index (χ4n) is 8.68. The van der Waals surface area contributed by atoms with Gasteiger partial charge in [0.1, 0.15) is 23.0 Å². The number of aliphatic hydroxyl groups is 2. The molecule has 1 heterocycles. The van der Waals surface area contributed by atoms with Gasteiger partial charge in [0.15, 0.2) is 0 Å².